The van der Waals surface area contributed by atoms with Gasteiger partial charge in [0, 0.05) is 12.3 Å². The van der Waals surface area contributed by atoms with Crippen LogP contribution in [0.3, 0.4) is 0 Å². The Bertz CT molecular complexity index is 580. The molecule has 0 aromatic carbocycles. The van der Waals surface area contributed by atoms with Crippen LogP contribution < -0.4 is 5.43 Å². The van der Waals surface area contributed by atoms with E-state index < -0.39 is 4.92 Å². The molecule has 0 saturated heterocycles. The molecule has 7 heteroatoms. The van der Waals surface area contributed by atoms with E-state index in [0.717, 1.165) is 4.88 Å². The quantitative estimate of drug-likeness (QED) is 0.522. The van der Waals surface area contributed by atoms with E-state index in [4.69, 9.17) is 0 Å². The minimum atomic E-state index is -0.417. The van der Waals surface area contributed by atoms with Crippen molar-refractivity contribution in [2.45, 2.75) is 6.92 Å². The molecule has 1 N–H and O–H groups in total. The molecule has 0 atom stereocenters. The van der Waals surface area contributed by atoms with Crippen LogP contribution in [0, 0.1) is 10.1 Å². The second-order valence-corrected chi connectivity index (χ2v) is 4.36. The maximum absolute atomic E-state index is 10.6. The second kappa shape index (κ2) is 5.37. The van der Waals surface area contributed by atoms with E-state index in [1.807, 2.05) is 12.1 Å². The van der Waals surface area contributed by atoms with E-state index in [1.165, 1.54) is 22.8 Å². The summed E-state index contributed by atoms with van der Waals surface area (Å²) in [6.07, 6.45) is 1.66. The van der Waals surface area contributed by atoms with Crippen LogP contribution in [0.15, 0.2) is 40.9 Å². The van der Waals surface area contributed by atoms with Crippen LogP contribution in [0.1, 0.15) is 11.8 Å². The van der Waals surface area contributed by atoms with E-state index in [-0.39, 0.29) is 5.69 Å². The molecule has 2 rings (SSSR count). The lowest BCUT2D eigenvalue weighted by atomic mass is 10.3. The fourth-order valence-electron chi connectivity index (χ4n) is 1.24. The molecule has 0 radical (unpaired) electrons. The first kappa shape index (κ1) is 12.2. The van der Waals surface area contributed by atoms with Gasteiger partial charge in [0.15, 0.2) is 0 Å². The lowest BCUT2D eigenvalue weighted by Gasteiger charge is -1.99. The van der Waals surface area contributed by atoms with Crippen molar-refractivity contribution in [2.75, 3.05) is 5.43 Å². The normalized spacial score (nSPS) is 11.3. The molecule has 0 unspecified atom stereocenters. The summed E-state index contributed by atoms with van der Waals surface area (Å²) >= 11 is 1.29. The van der Waals surface area contributed by atoms with Crippen LogP contribution in [0.5, 0.6) is 0 Å². The van der Waals surface area contributed by atoms with Gasteiger partial charge < -0.3 is 0 Å². The highest BCUT2D eigenvalue weighted by Crippen LogP contribution is 2.21. The number of thiophene rings is 1. The third-order valence-corrected chi connectivity index (χ3v) is 3.18. The molecule has 18 heavy (non-hydrogen) atoms. The fraction of sp³-hybridized carbons (Fsp3) is 0.0909. The summed E-state index contributed by atoms with van der Waals surface area (Å²) in [6, 6.07) is 6.94. The molecule has 0 saturated carbocycles. The van der Waals surface area contributed by atoms with Crippen molar-refractivity contribution in [3.8, 4) is 0 Å². The van der Waals surface area contributed by atoms with Crippen LogP contribution in [0.25, 0.3) is 0 Å². The Labute approximate surface area is 107 Å². The predicted molar refractivity (Wildman–Crippen MR) is 71.0 cm³/mol. The van der Waals surface area contributed by atoms with Gasteiger partial charge in [-0.15, -0.1) is 11.3 Å². The SMILES string of the molecule is C/C(=N/Nc1ccccn1)c1cc([N+](=O)[O-])cs1. The third-order valence-electron chi connectivity index (χ3n) is 2.16. The van der Waals surface area contributed by atoms with Crippen molar-refractivity contribution in [3.63, 3.8) is 0 Å². The number of rotatable bonds is 4. The van der Waals surface area contributed by atoms with Crippen molar-refractivity contribution < 1.29 is 4.92 Å². The van der Waals surface area contributed by atoms with Crippen LogP contribution in [-0.2, 0) is 0 Å². The standard InChI is InChI=1S/C11H10N4O2S/c1-8(10-6-9(7-18-10)15(16)17)13-14-11-4-2-3-5-12-11/h2-7H,1H3,(H,12,14)/b13-8-. The van der Waals surface area contributed by atoms with Gasteiger partial charge in [-0.05, 0) is 19.1 Å². The Morgan fingerprint density at radius 1 is 1.56 bits per heavy atom. The zero-order valence-electron chi connectivity index (χ0n) is 9.53. The molecule has 0 aliphatic rings. The first-order valence-corrected chi connectivity index (χ1v) is 5.99. The maximum atomic E-state index is 10.6. The van der Waals surface area contributed by atoms with Gasteiger partial charge in [-0.1, -0.05) is 6.07 Å². The molecule has 92 valence electrons. The van der Waals surface area contributed by atoms with E-state index in [2.05, 4.69) is 15.5 Å². The van der Waals surface area contributed by atoms with Gasteiger partial charge in [0.2, 0.25) is 0 Å². The number of aromatic nitrogens is 1. The number of hydrogen-bond donors (Lipinski definition) is 1. The molecule has 0 bridgehead atoms. The molecule has 2 heterocycles. The van der Waals surface area contributed by atoms with Crippen molar-refractivity contribution in [1.82, 2.24) is 4.98 Å². The highest BCUT2D eigenvalue weighted by atomic mass is 32.1. The number of nitro groups is 1. The molecular weight excluding hydrogens is 252 g/mol. The summed E-state index contributed by atoms with van der Waals surface area (Å²) in [7, 11) is 0. The largest absolute Gasteiger partial charge is 0.280 e. The van der Waals surface area contributed by atoms with Gasteiger partial charge in [-0.2, -0.15) is 5.10 Å². The van der Waals surface area contributed by atoms with E-state index in [1.54, 1.807) is 19.2 Å². The van der Waals surface area contributed by atoms with Crippen molar-refractivity contribution in [1.29, 1.82) is 0 Å². The summed E-state index contributed by atoms with van der Waals surface area (Å²) in [6.45, 7) is 1.78. The van der Waals surface area contributed by atoms with E-state index >= 15 is 0 Å². The van der Waals surface area contributed by atoms with E-state index in [0.29, 0.717) is 11.5 Å². The number of nitrogens with zero attached hydrogens (tertiary/aromatic N) is 3. The average Bonchev–Trinajstić information content (AvgIpc) is 2.87. The van der Waals surface area contributed by atoms with Gasteiger partial charge in [0.05, 0.1) is 20.9 Å². The van der Waals surface area contributed by atoms with Gasteiger partial charge in [-0.25, -0.2) is 4.98 Å². The number of anilines is 1. The lowest BCUT2D eigenvalue weighted by molar-refractivity contribution is -0.384. The molecular formula is C11H10N4O2S. The lowest BCUT2D eigenvalue weighted by Crippen LogP contribution is -1.98. The predicted octanol–water partition coefficient (Wildman–Crippen LogP) is 2.89. The topological polar surface area (TPSA) is 80.4 Å². The van der Waals surface area contributed by atoms with Gasteiger partial charge >= 0.3 is 0 Å². The van der Waals surface area contributed by atoms with Gasteiger partial charge in [-0.3, -0.25) is 15.5 Å². The van der Waals surface area contributed by atoms with Crippen molar-refractivity contribution >= 4 is 28.6 Å². The number of hydrazone groups is 1. The first-order valence-electron chi connectivity index (χ1n) is 5.11. The maximum Gasteiger partial charge on any atom is 0.280 e. The Hall–Kier alpha value is -2.28. The molecule has 2 aromatic rings. The van der Waals surface area contributed by atoms with Gasteiger partial charge in [0.25, 0.3) is 5.69 Å². The van der Waals surface area contributed by atoms with Crippen LogP contribution in [-0.4, -0.2) is 15.6 Å². The Morgan fingerprint density at radius 3 is 3.00 bits per heavy atom. The van der Waals surface area contributed by atoms with Crippen molar-refractivity contribution in [3.05, 3.63) is 50.8 Å². The molecule has 2 aromatic heterocycles. The summed E-state index contributed by atoms with van der Waals surface area (Å²) in [5.41, 5.74) is 3.56. The summed E-state index contributed by atoms with van der Waals surface area (Å²) in [4.78, 5) is 15.0. The molecule has 0 spiro atoms. The first-order chi connectivity index (χ1) is 8.66. The highest BCUT2D eigenvalue weighted by Gasteiger charge is 2.10. The molecule has 0 aliphatic carbocycles. The monoisotopic (exact) mass is 262 g/mol. The smallest absolute Gasteiger partial charge is 0.261 e. The number of nitrogens with one attached hydrogen (secondary N) is 1. The number of hydrogen-bond acceptors (Lipinski definition) is 6. The summed E-state index contributed by atoms with van der Waals surface area (Å²) in [5, 5.41) is 16.2. The van der Waals surface area contributed by atoms with E-state index in [9.17, 15) is 10.1 Å². The van der Waals surface area contributed by atoms with Crippen LogP contribution >= 0.6 is 11.3 Å². The molecule has 0 amide bonds. The van der Waals surface area contributed by atoms with Crippen LogP contribution in [0.2, 0.25) is 0 Å². The van der Waals surface area contributed by atoms with Gasteiger partial charge in [0.1, 0.15) is 5.82 Å². The Kier molecular flexibility index (Phi) is 3.63. The zero-order chi connectivity index (χ0) is 13.0. The summed E-state index contributed by atoms with van der Waals surface area (Å²) < 4.78 is 0. The molecule has 0 fully saturated rings. The third kappa shape index (κ3) is 2.89. The number of pyridine rings is 1. The highest BCUT2D eigenvalue weighted by molar-refractivity contribution is 7.12. The van der Waals surface area contributed by atoms with Crippen molar-refractivity contribution in [2.24, 2.45) is 5.10 Å². The zero-order valence-corrected chi connectivity index (χ0v) is 10.3. The molecule has 0 aliphatic heterocycles. The Balaban J connectivity index is 2.10. The second-order valence-electron chi connectivity index (χ2n) is 3.45. The minimum absolute atomic E-state index is 0.0855. The van der Waals surface area contributed by atoms with Crippen LogP contribution in [0.4, 0.5) is 11.5 Å². The average molecular weight is 262 g/mol. The Morgan fingerprint density at radius 2 is 2.39 bits per heavy atom. The summed E-state index contributed by atoms with van der Waals surface area (Å²) in [5.74, 6) is 0.628. The fourth-order valence-corrected chi connectivity index (χ4v) is 2.04. The minimum Gasteiger partial charge on any atom is -0.261 e. The molecule has 6 nitrogen and oxygen atoms in total.